The molecule has 4 saturated carbocycles. The molecule has 6 aromatic rings. The molecule has 12 rings (SSSR count). The third kappa shape index (κ3) is 16.7. The summed E-state index contributed by atoms with van der Waals surface area (Å²) in [6.45, 7) is 11.1. The SMILES string of the molecule is Cc1c(-c2ccc(-c3ccc4c(c3)N(C(=O)Nc3nc5ccccc5s3)CCC4)nc2C(=O)O)cnn1CC12CC3(C)CC(C)(C1)CC(OCCN(CCC(=O)O)C(=O)OCc1ccc(N(C(N)=O)C(=O)[C@H](CCCN)NC(=O)[C@@H](NC(=O)CCCCCN4C(=O)C=CC4=O)C(C)C)cc1)(C3)C2. The number of hydrogen-bond donors (Lipinski definition) is 7. The van der Waals surface area contributed by atoms with Gasteiger partial charge in [-0.2, -0.15) is 5.10 Å². The van der Waals surface area contributed by atoms with E-state index >= 15 is 0 Å². The Balaban J connectivity index is 0.708. The molecular weight excluding hydrogens is 1330 g/mol. The molecule has 2 aliphatic heterocycles. The van der Waals surface area contributed by atoms with Gasteiger partial charge in [0.1, 0.15) is 18.7 Å². The van der Waals surface area contributed by atoms with Gasteiger partial charge in [-0.05, 0) is 166 Å². The van der Waals surface area contributed by atoms with Gasteiger partial charge >= 0.3 is 30.1 Å². The van der Waals surface area contributed by atoms with Crippen molar-refractivity contribution in [1.82, 2.24) is 40.2 Å². The lowest BCUT2D eigenvalue weighted by atomic mass is 9.39. The summed E-state index contributed by atoms with van der Waals surface area (Å²) in [5.41, 5.74) is 16.4. The largest absolute Gasteiger partial charge is 0.481 e. The number of carboxylic acids is 2. The van der Waals surface area contributed by atoms with Gasteiger partial charge < -0.3 is 46.7 Å². The van der Waals surface area contributed by atoms with Crippen LogP contribution in [0.5, 0.6) is 0 Å². The van der Waals surface area contributed by atoms with Gasteiger partial charge in [-0.25, -0.2) is 34.0 Å². The summed E-state index contributed by atoms with van der Waals surface area (Å²) in [4.78, 5) is 145. The van der Waals surface area contributed by atoms with Gasteiger partial charge in [-0.15, -0.1) is 0 Å². The van der Waals surface area contributed by atoms with Gasteiger partial charge in [0.15, 0.2) is 10.8 Å². The number of rotatable bonds is 30. The lowest BCUT2D eigenvalue weighted by Crippen LogP contribution is -2.64. The normalized spacial score (nSPS) is 20.9. The maximum Gasteiger partial charge on any atom is 0.410 e. The summed E-state index contributed by atoms with van der Waals surface area (Å²) in [7, 11) is 0. The number of carbonyl (C=O) groups excluding carboxylic acids is 8. The molecule has 0 radical (unpaired) electrons. The molecule has 5 heterocycles. The lowest BCUT2D eigenvalue weighted by Gasteiger charge is -2.69. The number of urea groups is 2. The van der Waals surface area contributed by atoms with E-state index in [4.69, 9.17) is 31.0 Å². The second-order valence-electron chi connectivity index (χ2n) is 29.0. The van der Waals surface area contributed by atoms with Crippen LogP contribution in [0.25, 0.3) is 32.6 Å². The van der Waals surface area contributed by atoms with Crippen molar-refractivity contribution >= 4 is 97.7 Å². The molecule has 6 aliphatic rings. The number of nitrogens with zero attached hydrogens (tertiary/aromatic N) is 8. The first-order chi connectivity index (χ1) is 48.6. The molecule has 10 amide bonds. The number of primary amides is 1. The van der Waals surface area contributed by atoms with Crippen molar-refractivity contribution in [2.24, 2.45) is 33.6 Å². The van der Waals surface area contributed by atoms with Crippen molar-refractivity contribution in [2.45, 2.75) is 162 Å². The summed E-state index contributed by atoms with van der Waals surface area (Å²) in [6.07, 6.45) is 11.5. The van der Waals surface area contributed by atoms with Crippen LogP contribution in [0.4, 0.5) is 30.9 Å². The Labute approximate surface area is 594 Å². The number of aromatic carboxylic acids is 1. The molecule has 3 aromatic carbocycles. The first-order valence-electron chi connectivity index (χ1n) is 34.8. The number of pyridine rings is 1. The molecule has 102 heavy (non-hydrogen) atoms. The number of anilines is 3. The van der Waals surface area contributed by atoms with Crippen molar-refractivity contribution in [3.8, 4) is 22.4 Å². The highest BCUT2D eigenvalue weighted by Crippen LogP contribution is 2.72. The number of hydrogen-bond acceptors (Lipinski definition) is 17. The molecule has 0 spiro atoms. The Morgan fingerprint density at radius 3 is 2.23 bits per heavy atom. The average molecular weight is 1420 g/mol. The average Bonchev–Trinajstić information content (AvgIpc) is 0.783. The fraction of sp³-hybridized carbons (Fsp3) is 0.473. The Hall–Kier alpha value is -9.93. The van der Waals surface area contributed by atoms with E-state index in [0.29, 0.717) is 76.8 Å². The first-order valence-corrected chi connectivity index (χ1v) is 35.7. The van der Waals surface area contributed by atoms with Crippen molar-refractivity contribution in [1.29, 1.82) is 0 Å². The fourth-order valence-corrected chi connectivity index (χ4v) is 17.6. The Kier molecular flexibility index (Phi) is 22.1. The van der Waals surface area contributed by atoms with E-state index in [0.717, 1.165) is 77.0 Å². The quantitative estimate of drug-likeness (QED) is 0.0163. The van der Waals surface area contributed by atoms with Crippen LogP contribution in [0.3, 0.4) is 0 Å². The van der Waals surface area contributed by atoms with Gasteiger partial charge in [-0.3, -0.25) is 48.6 Å². The fourth-order valence-electron chi connectivity index (χ4n) is 16.8. The second-order valence-corrected chi connectivity index (χ2v) is 30.1. The smallest absolute Gasteiger partial charge is 0.410 e. The molecule has 3 aromatic heterocycles. The van der Waals surface area contributed by atoms with E-state index in [1.165, 1.54) is 52.7 Å². The molecular formula is C74H89N13O14S. The number of fused-ring (bicyclic) bond motifs is 2. The predicted octanol–water partition coefficient (Wildman–Crippen LogP) is 9.72. The minimum Gasteiger partial charge on any atom is -0.481 e. The maximum absolute atomic E-state index is 14.2. The number of carbonyl (C=O) groups is 10. The molecule has 9 N–H and O–H groups in total. The van der Waals surface area contributed by atoms with E-state index in [1.54, 1.807) is 37.1 Å². The zero-order chi connectivity index (χ0) is 72.8. The molecule has 28 heteroatoms. The lowest BCUT2D eigenvalue weighted by molar-refractivity contribution is -0.248. The summed E-state index contributed by atoms with van der Waals surface area (Å²) >= 11 is 1.40. The zero-order valence-corrected chi connectivity index (χ0v) is 59.0. The number of benzene rings is 3. The zero-order valence-electron chi connectivity index (χ0n) is 58.2. The topological polar surface area (TPSA) is 374 Å². The van der Waals surface area contributed by atoms with Crippen molar-refractivity contribution in [3.05, 3.63) is 120 Å². The highest BCUT2D eigenvalue weighted by atomic mass is 32.1. The van der Waals surface area contributed by atoms with Crippen LogP contribution in [0.15, 0.2) is 97.2 Å². The van der Waals surface area contributed by atoms with E-state index in [-0.39, 0.29) is 111 Å². The number of unbranched alkanes of at least 4 members (excludes halogenated alkanes) is 2. The summed E-state index contributed by atoms with van der Waals surface area (Å²) in [6, 6.07) is 19.1. The summed E-state index contributed by atoms with van der Waals surface area (Å²) < 4.78 is 15.7. The van der Waals surface area contributed by atoms with Crippen molar-refractivity contribution in [2.75, 3.05) is 54.4 Å². The Bertz CT molecular complexity index is 4190. The third-order valence-corrected chi connectivity index (χ3v) is 21.2. The molecule has 4 atom stereocenters. The van der Waals surface area contributed by atoms with Gasteiger partial charge in [-0.1, -0.05) is 81.9 Å². The number of nitrogens with two attached hydrogens (primary N) is 2. The number of amides is 10. The van der Waals surface area contributed by atoms with Crippen LogP contribution >= 0.6 is 11.3 Å². The van der Waals surface area contributed by atoms with E-state index < -0.39 is 65.4 Å². The molecule has 540 valence electrons. The number of thiazole rings is 1. The number of imide groups is 2. The van der Waals surface area contributed by atoms with Crippen LogP contribution in [0.2, 0.25) is 0 Å². The molecule has 0 saturated heterocycles. The number of ether oxygens (including phenoxy) is 2. The predicted molar refractivity (Wildman–Crippen MR) is 381 cm³/mol. The Morgan fingerprint density at radius 1 is 0.804 bits per heavy atom. The monoisotopic (exact) mass is 1420 g/mol. The molecule has 2 unspecified atom stereocenters. The molecule has 4 fully saturated rings. The van der Waals surface area contributed by atoms with Crippen LogP contribution < -0.4 is 37.2 Å². The highest BCUT2D eigenvalue weighted by molar-refractivity contribution is 7.22. The number of nitrogens with one attached hydrogen (secondary N) is 3. The molecule has 4 aliphatic carbocycles. The standard InChI is InChI=1S/C74H89N13O14S/c1-45(2)62(81-58(88)17-7-6-10-30-85-59(89)26-27-60(85)90)64(93)79-55(15-11-29-75)65(94)87(67(76)97)50-22-18-47(19-23-50)37-100-70(99)83(32-28-61(91)92)33-34-101-74-41-71(4)38-72(5,42-74)40-73(39-71,43-74)44-86-46(3)52(36-77-86)51-24-25-53(78-63(51)66(95)96)49-21-20-48-13-12-31-84(56(48)35-49)69(98)82-68-80-54-14-8-9-16-57(54)102-68/h8-9,14,16,18-27,35-36,45,55,62H,6-7,10-13,15,17,28-34,37-44,75H2,1-5H3,(H2,76,97)(H,79,93)(H,81,88)(H,91,92)(H,95,96)(H,80,82,98)/t55-,62-,71?,72?,73?,74?/m0/s1. The number of aliphatic carboxylic acids is 1. The van der Waals surface area contributed by atoms with Crippen LogP contribution in [-0.4, -0.2) is 156 Å². The second kappa shape index (κ2) is 30.7. The maximum atomic E-state index is 14.2. The van der Waals surface area contributed by atoms with Gasteiger partial charge in [0, 0.05) is 79.4 Å². The number of carboxylic acid groups (broad SMARTS) is 2. The van der Waals surface area contributed by atoms with Crippen LogP contribution in [0.1, 0.15) is 145 Å². The first kappa shape index (κ1) is 73.3. The Morgan fingerprint density at radius 2 is 1.54 bits per heavy atom. The summed E-state index contributed by atoms with van der Waals surface area (Å²) in [5, 5.41) is 34.4. The summed E-state index contributed by atoms with van der Waals surface area (Å²) in [5.74, 6) is -5.43. The third-order valence-electron chi connectivity index (χ3n) is 20.3. The minimum absolute atomic E-state index is 0.0242. The number of para-hydroxylation sites is 1. The van der Waals surface area contributed by atoms with Crippen LogP contribution in [-0.2, 0) is 57.8 Å². The van der Waals surface area contributed by atoms with E-state index in [2.05, 4.69) is 34.8 Å². The van der Waals surface area contributed by atoms with Crippen LogP contribution in [0, 0.1) is 29.1 Å². The van der Waals surface area contributed by atoms with Gasteiger partial charge in [0.2, 0.25) is 11.8 Å². The van der Waals surface area contributed by atoms with Gasteiger partial charge in [0.05, 0.1) is 46.4 Å². The molecule has 27 nitrogen and oxygen atoms in total. The van der Waals surface area contributed by atoms with E-state index in [9.17, 15) is 58.2 Å². The van der Waals surface area contributed by atoms with Crippen molar-refractivity contribution in [3.63, 3.8) is 0 Å². The minimum atomic E-state index is -1.29. The van der Waals surface area contributed by atoms with Gasteiger partial charge in [0.25, 0.3) is 17.7 Å². The highest BCUT2D eigenvalue weighted by Gasteiger charge is 2.66. The van der Waals surface area contributed by atoms with Crippen molar-refractivity contribution < 1.29 is 67.6 Å². The number of aromatic nitrogens is 4. The number of aryl methyl sites for hydroxylation is 1. The molecule has 4 bridgehead atoms. The van der Waals surface area contributed by atoms with E-state index in [1.807, 2.05) is 54.1 Å².